The summed E-state index contributed by atoms with van der Waals surface area (Å²) < 4.78 is 13.0. The van der Waals surface area contributed by atoms with Crippen LogP contribution in [0.2, 0.25) is 5.02 Å². The van der Waals surface area contributed by atoms with Gasteiger partial charge in [-0.2, -0.15) is 0 Å². The molecule has 0 fully saturated rings. The Labute approximate surface area is 165 Å². The number of aliphatic hydroxyl groups is 1. The first-order chi connectivity index (χ1) is 13.0. The lowest BCUT2D eigenvalue weighted by Crippen LogP contribution is -2.33. The summed E-state index contributed by atoms with van der Waals surface area (Å²) >= 11 is 7.08. The zero-order chi connectivity index (χ0) is 19.4. The Morgan fingerprint density at radius 1 is 1.00 bits per heavy atom. The van der Waals surface area contributed by atoms with E-state index >= 15 is 0 Å². The molecule has 140 valence electrons. The normalized spacial score (nSPS) is 14.4. The number of rotatable bonds is 7. The van der Waals surface area contributed by atoms with Gasteiger partial charge in [-0.15, -0.1) is 11.8 Å². The molecule has 0 spiro atoms. The topological polar surface area (TPSA) is 57.6 Å². The zero-order valence-electron chi connectivity index (χ0n) is 14.3. The molecule has 0 radical (unpaired) electrons. The van der Waals surface area contributed by atoms with Gasteiger partial charge in [0.25, 0.3) is 11.8 Å². The molecule has 0 unspecified atom stereocenters. The highest BCUT2D eigenvalue weighted by Crippen LogP contribution is 2.36. The Balaban J connectivity index is 1.84. The quantitative estimate of drug-likeness (QED) is 0.716. The van der Waals surface area contributed by atoms with Gasteiger partial charge in [0.2, 0.25) is 0 Å². The van der Waals surface area contributed by atoms with Crippen LogP contribution in [0.1, 0.15) is 11.1 Å². The molecule has 0 bridgehead atoms. The predicted molar refractivity (Wildman–Crippen MR) is 105 cm³/mol. The molecule has 2 aromatic rings. The van der Waals surface area contributed by atoms with Crippen molar-refractivity contribution in [2.24, 2.45) is 0 Å². The van der Waals surface area contributed by atoms with Crippen molar-refractivity contribution < 1.29 is 19.1 Å². The van der Waals surface area contributed by atoms with E-state index in [1.807, 2.05) is 0 Å². The van der Waals surface area contributed by atoms with E-state index in [1.165, 1.54) is 28.8 Å². The fourth-order valence-electron chi connectivity index (χ4n) is 2.80. The maximum Gasteiger partial charge on any atom is 0.267 e. The lowest BCUT2D eigenvalue weighted by molar-refractivity contribution is -0.136. The van der Waals surface area contributed by atoms with Crippen molar-refractivity contribution in [2.45, 2.75) is 6.42 Å². The summed E-state index contributed by atoms with van der Waals surface area (Å²) in [5.41, 5.74) is 1.78. The molecule has 1 heterocycles. The second-order valence-corrected chi connectivity index (χ2v) is 7.46. The number of thioether (sulfide) groups is 1. The van der Waals surface area contributed by atoms with Gasteiger partial charge >= 0.3 is 0 Å². The van der Waals surface area contributed by atoms with Gasteiger partial charge in [0.05, 0.1) is 17.1 Å². The summed E-state index contributed by atoms with van der Waals surface area (Å²) in [6, 6.07) is 12.7. The number of halogens is 2. The van der Waals surface area contributed by atoms with Gasteiger partial charge in [-0.05, 0) is 41.8 Å². The summed E-state index contributed by atoms with van der Waals surface area (Å²) in [7, 11) is 0. The van der Waals surface area contributed by atoms with Crippen molar-refractivity contribution in [1.82, 2.24) is 4.90 Å². The molecule has 0 atom stereocenters. The van der Waals surface area contributed by atoms with Crippen LogP contribution in [-0.2, 0) is 16.0 Å². The molecule has 2 amide bonds. The molecular weight excluding hydrogens is 389 g/mol. The predicted octanol–water partition coefficient (Wildman–Crippen LogP) is 3.53. The first-order valence-electron chi connectivity index (χ1n) is 8.35. The molecule has 27 heavy (non-hydrogen) atoms. The average Bonchev–Trinajstić information content (AvgIpc) is 2.90. The van der Waals surface area contributed by atoms with E-state index in [9.17, 15) is 14.0 Å². The number of carbonyl (C=O) groups is 2. The Kier molecular flexibility index (Phi) is 6.31. The lowest BCUT2D eigenvalue weighted by Gasteiger charge is -2.15. The van der Waals surface area contributed by atoms with Crippen LogP contribution in [0.3, 0.4) is 0 Å². The zero-order valence-corrected chi connectivity index (χ0v) is 15.9. The third kappa shape index (κ3) is 4.40. The van der Waals surface area contributed by atoms with Gasteiger partial charge in [0.15, 0.2) is 0 Å². The summed E-state index contributed by atoms with van der Waals surface area (Å²) in [6.45, 7) is 0.0999. The largest absolute Gasteiger partial charge is 0.396 e. The Hall–Kier alpha value is -2.15. The van der Waals surface area contributed by atoms with Crippen LogP contribution < -0.4 is 0 Å². The van der Waals surface area contributed by atoms with Gasteiger partial charge in [-0.1, -0.05) is 35.9 Å². The number of nitrogens with zero attached hydrogens (tertiary/aromatic N) is 1. The molecule has 2 aromatic carbocycles. The SMILES string of the molecule is O=C1C(SCCO)=C(c2ccc(Cl)cc2)C(=O)N1CCc1ccc(F)cc1. The van der Waals surface area contributed by atoms with Gasteiger partial charge in [0.1, 0.15) is 5.82 Å². The van der Waals surface area contributed by atoms with Crippen LogP contribution in [0.4, 0.5) is 4.39 Å². The van der Waals surface area contributed by atoms with Crippen molar-refractivity contribution in [3.8, 4) is 0 Å². The van der Waals surface area contributed by atoms with Crippen molar-refractivity contribution in [1.29, 1.82) is 0 Å². The Morgan fingerprint density at radius 3 is 2.30 bits per heavy atom. The minimum atomic E-state index is -0.370. The molecule has 0 aliphatic carbocycles. The van der Waals surface area contributed by atoms with Crippen LogP contribution in [0, 0.1) is 5.82 Å². The van der Waals surface area contributed by atoms with Gasteiger partial charge in [0, 0.05) is 17.3 Å². The molecule has 1 aliphatic rings. The monoisotopic (exact) mass is 405 g/mol. The second kappa shape index (κ2) is 8.69. The van der Waals surface area contributed by atoms with E-state index < -0.39 is 0 Å². The fraction of sp³-hybridized carbons (Fsp3) is 0.200. The van der Waals surface area contributed by atoms with E-state index in [0.29, 0.717) is 33.2 Å². The number of hydrogen-bond donors (Lipinski definition) is 1. The first-order valence-corrected chi connectivity index (χ1v) is 9.72. The third-order valence-corrected chi connectivity index (χ3v) is 5.44. The van der Waals surface area contributed by atoms with E-state index in [0.717, 1.165) is 5.56 Å². The molecule has 4 nitrogen and oxygen atoms in total. The summed E-state index contributed by atoms with van der Waals surface area (Å²) in [5, 5.41) is 9.65. The second-order valence-electron chi connectivity index (χ2n) is 5.92. The van der Waals surface area contributed by atoms with Crippen LogP contribution in [-0.4, -0.2) is 40.7 Å². The van der Waals surface area contributed by atoms with Crippen molar-refractivity contribution in [3.63, 3.8) is 0 Å². The molecule has 3 rings (SSSR count). The highest BCUT2D eigenvalue weighted by atomic mass is 35.5. The molecular formula is C20H17ClFNO3S. The standard InChI is InChI=1S/C20H17ClFNO3S/c21-15-5-3-14(4-6-15)17-18(27-12-11-24)20(26)23(19(17)25)10-9-13-1-7-16(22)8-2-13/h1-8,24H,9-12H2. The minimum absolute atomic E-state index is 0.0981. The maximum absolute atomic E-state index is 13.0. The molecule has 1 N–H and O–H groups in total. The van der Waals surface area contributed by atoms with Crippen LogP contribution >= 0.6 is 23.4 Å². The van der Waals surface area contributed by atoms with Gasteiger partial charge in [-0.25, -0.2) is 4.39 Å². The molecule has 0 saturated heterocycles. The molecule has 0 saturated carbocycles. The Morgan fingerprint density at radius 2 is 1.67 bits per heavy atom. The van der Waals surface area contributed by atoms with Gasteiger partial charge < -0.3 is 5.11 Å². The average molecular weight is 406 g/mol. The highest BCUT2D eigenvalue weighted by molar-refractivity contribution is 8.04. The number of aliphatic hydroxyl groups excluding tert-OH is 1. The fourth-order valence-corrected chi connectivity index (χ4v) is 3.81. The maximum atomic E-state index is 13.0. The minimum Gasteiger partial charge on any atom is -0.396 e. The first kappa shape index (κ1) is 19.6. The summed E-state index contributed by atoms with van der Waals surface area (Å²) in [5.74, 6) is -0.756. The highest BCUT2D eigenvalue weighted by Gasteiger charge is 2.38. The number of imide groups is 1. The number of carbonyl (C=O) groups excluding carboxylic acids is 2. The molecule has 7 heteroatoms. The van der Waals surface area contributed by atoms with Crippen molar-refractivity contribution in [3.05, 3.63) is 75.4 Å². The van der Waals surface area contributed by atoms with Crippen LogP contribution in [0.15, 0.2) is 53.4 Å². The van der Waals surface area contributed by atoms with E-state index in [2.05, 4.69) is 0 Å². The van der Waals surface area contributed by atoms with Crippen LogP contribution in [0.5, 0.6) is 0 Å². The number of benzene rings is 2. The number of amides is 2. The van der Waals surface area contributed by atoms with Crippen molar-refractivity contribution in [2.75, 3.05) is 18.9 Å². The van der Waals surface area contributed by atoms with Crippen LogP contribution in [0.25, 0.3) is 5.57 Å². The number of hydrogen-bond acceptors (Lipinski definition) is 4. The van der Waals surface area contributed by atoms with Gasteiger partial charge in [-0.3, -0.25) is 14.5 Å². The molecule has 1 aliphatic heterocycles. The third-order valence-electron chi connectivity index (χ3n) is 4.13. The van der Waals surface area contributed by atoms with Crippen molar-refractivity contribution >= 4 is 40.8 Å². The summed E-state index contributed by atoms with van der Waals surface area (Å²) in [4.78, 5) is 27.3. The van der Waals surface area contributed by atoms with E-state index in [1.54, 1.807) is 36.4 Å². The Bertz CT molecular complexity index is 881. The van der Waals surface area contributed by atoms with E-state index in [4.69, 9.17) is 16.7 Å². The molecule has 0 aromatic heterocycles. The smallest absolute Gasteiger partial charge is 0.267 e. The lowest BCUT2D eigenvalue weighted by atomic mass is 10.1. The summed E-state index contributed by atoms with van der Waals surface area (Å²) in [6.07, 6.45) is 0.434. The van der Waals surface area contributed by atoms with E-state index in [-0.39, 0.29) is 30.8 Å².